The lowest BCUT2D eigenvalue weighted by Gasteiger charge is -2.07. The van der Waals surface area contributed by atoms with Gasteiger partial charge in [-0.3, -0.25) is 4.79 Å². The molecule has 104 valence electrons. The first-order valence-electron chi connectivity index (χ1n) is 5.73. The molecule has 20 heavy (non-hydrogen) atoms. The van der Waals surface area contributed by atoms with Gasteiger partial charge >= 0.3 is 0 Å². The van der Waals surface area contributed by atoms with E-state index < -0.39 is 0 Å². The number of hydrogen-bond donors (Lipinski definition) is 2. The molecule has 6 nitrogen and oxygen atoms in total. The second kappa shape index (κ2) is 6.49. The van der Waals surface area contributed by atoms with Crippen LogP contribution in [-0.2, 0) is 4.79 Å². The van der Waals surface area contributed by atoms with Crippen LogP contribution in [0.25, 0.3) is 6.08 Å². The number of amides is 1. The summed E-state index contributed by atoms with van der Waals surface area (Å²) >= 11 is 11.8. The Morgan fingerprint density at radius 2 is 2.25 bits per heavy atom. The lowest BCUT2D eigenvalue weighted by Crippen LogP contribution is -2.25. The molecule has 0 aliphatic carbocycles. The topological polar surface area (TPSA) is 83.6 Å². The van der Waals surface area contributed by atoms with Crippen molar-refractivity contribution in [2.24, 2.45) is 0 Å². The highest BCUT2D eigenvalue weighted by Crippen LogP contribution is 2.21. The normalized spacial score (nSPS) is 12.6. The van der Waals surface area contributed by atoms with Crippen LogP contribution in [0.5, 0.6) is 0 Å². The van der Waals surface area contributed by atoms with Crippen molar-refractivity contribution in [3.05, 3.63) is 45.7 Å². The maximum Gasteiger partial charge on any atom is 0.244 e. The Balaban J connectivity index is 1.99. The summed E-state index contributed by atoms with van der Waals surface area (Å²) in [6, 6.07) is 4.71. The Kier molecular flexibility index (Phi) is 4.70. The Bertz CT molecular complexity index is 627. The third-order valence-corrected chi connectivity index (χ3v) is 3.05. The monoisotopic (exact) mass is 311 g/mol. The van der Waals surface area contributed by atoms with Gasteiger partial charge in [0.1, 0.15) is 0 Å². The van der Waals surface area contributed by atoms with Crippen molar-refractivity contribution in [3.8, 4) is 0 Å². The number of tetrazole rings is 1. The summed E-state index contributed by atoms with van der Waals surface area (Å²) in [7, 11) is 0. The second-order valence-corrected chi connectivity index (χ2v) is 4.84. The average molecular weight is 312 g/mol. The molecule has 0 aliphatic heterocycles. The number of benzene rings is 1. The maximum absolute atomic E-state index is 11.7. The lowest BCUT2D eigenvalue weighted by atomic mass is 10.2. The lowest BCUT2D eigenvalue weighted by molar-refractivity contribution is -0.117. The Labute approximate surface area is 125 Å². The van der Waals surface area contributed by atoms with Crippen molar-refractivity contribution in [2.75, 3.05) is 0 Å². The molecule has 0 saturated carbocycles. The van der Waals surface area contributed by atoms with Crippen molar-refractivity contribution in [1.82, 2.24) is 25.9 Å². The number of aromatic nitrogens is 4. The predicted molar refractivity (Wildman–Crippen MR) is 76.2 cm³/mol. The zero-order valence-corrected chi connectivity index (χ0v) is 12.0. The largest absolute Gasteiger partial charge is 0.343 e. The molecule has 0 radical (unpaired) electrons. The van der Waals surface area contributed by atoms with E-state index in [0.29, 0.717) is 21.4 Å². The molecule has 2 rings (SSSR count). The molecule has 0 fully saturated rings. The Morgan fingerprint density at radius 3 is 2.90 bits per heavy atom. The molecule has 0 bridgehead atoms. The molecule has 0 aliphatic rings. The minimum Gasteiger partial charge on any atom is -0.343 e. The van der Waals surface area contributed by atoms with Crippen LogP contribution < -0.4 is 5.32 Å². The number of carbonyl (C=O) groups excluding carboxylic acids is 1. The van der Waals surface area contributed by atoms with Gasteiger partial charge in [-0.05, 0) is 30.7 Å². The predicted octanol–water partition coefficient (Wildman–Crippen LogP) is 2.40. The summed E-state index contributed by atoms with van der Waals surface area (Å²) in [6.45, 7) is 1.76. The second-order valence-electron chi connectivity index (χ2n) is 4.00. The summed E-state index contributed by atoms with van der Waals surface area (Å²) < 4.78 is 0. The third kappa shape index (κ3) is 3.79. The van der Waals surface area contributed by atoms with E-state index in [2.05, 4.69) is 25.9 Å². The molecule has 0 spiro atoms. The van der Waals surface area contributed by atoms with Crippen molar-refractivity contribution < 1.29 is 4.79 Å². The number of rotatable bonds is 4. The summed E-state index contributed by atoms with van der Waals surface area (Å²) in [5, 5.41) is 17.1. The van der Waals surface area contributed by atoms with E-state index in [1.54, 1.807) is 31.2 Å². The van der Waals surface area contributed by atoms with E-state index in [1.165, 1.54) is 6.08 Å². The number of aromatic amines is 1. The van der Waals surface area contributed by atoms with E-state index in [0.717, 1.165) is 0 Å². The number of hydrogen-bond acceptors (Lipinski definition) is 4. The van der Waals surface area contributed by atoms with Crippen molar-refractivity contribution >= 4 is 35.2 Å². The molecular weight excluding hydrogens is 301 g/mol. The molecule has 1 aromatic heterocycles. The summed E-state index contributed by atoms with van der Waals surface area (Å²) in [5.41, 5.74) is 0.707. The van der Waals surface area contributed by atoms with E-state index >= 15 is 0 Å². The number of carbonyl (C=O) groups is 1. The van der Waals surface area contributed by atoms with E-state index in [4.69, 9.17) is 23.2 Å². The van der Waals surface area contributed by atoms with Gasteiger partial charge in [0.15, 0.2) is 5.82 Å². The highest BCUT2D eigenvalue weighted by molar-refractivity contribution is 6.35. The summed E-state index contributed by atoms with van der Waals surface area (Å²) in [4.78, 5) is 11.7. The maximum atomic E-state index is 11.7. The fourth-order valence-corrected chi connectivity index (χ4v) is 1.95. The highest BCUT2D eigenvalue weighted by atomic mass is 35.5. The molecule has 1 amide bonds. The zero-order valence-electron chi connectivity index (χ0n) is 10.5. The first-order valence-corrected chi connectivity index (χ1v) is 6.49. The van der Waals surface area contributed by atoms with Crippen molar-refractivity contribution in [2.45, 2.75) is 13.0 Å². The quantitative estimate of drug-likeness (QED) is 0.849. The van der Waals surface area contributed by atoms with Crippen molar-refractivity contribution in [1.29, 1.82) is 0 Å². The van der Waals surface area contributed by atoms with Crippen LogP contribution in [0, 0.1) is 0 Å². The number of nitrogens with one attached hydrogen (secondary N) is 2. The fourth-order valence-electron chi connectivity index (χ4n) is 1.48. The summed E-state index contributed by atoms with van der Waals surface area (Å²) in [6.07, 6.45) is 2.99. The molecule has 1 heterocycles. The van der Waals surface area contributed by atoms with Gasteiger partial charge in [0.25, 0.3) is 0 Å². The number of nitrogens with zero attached hydrogens (tertiary/aromatic N) is 3. The number of halogens is 2. The number of H-pyrrole nitrogens is 1. The molecule has 1 atom stereocenters. The van der Waals surface area contributed by atoms with Gasteiger partial charge < -0.3 is 5.32 Å². The van der Waals surface area contributed by atoms with Gasteiger partial charge in [-0.25, -0.2) is 0 Å². The van der Waals surface area contributed by atoms with Crippen LogP contribution in [0.2, 0.25) is 10.0 Å². The average Bonchev–Trinajstić information content (AvgIpc) is 2.91. The molecule has 1 unspecified atom stereocenters. The van der Waals surface area contributed by atoms with Crippen molar-refractivity contribution in [3.63, 3.8) is 0 Å². The molecule has 0 saturated heterocycles. The van der Waals surface area contributed by atoms with Gasteiger partial charge in [-0.1, -0.05) is 34.5 Å². The van der Waals surface area contributed by atoms with Crippen LogP contribution in [0.1, 0.15) is 24.4 Å². The first-order chi connectivity index (χ1) is 9.56. The van der Waals surface area contributed by atoms with Crippen LogP contribution >= 0.6 is 23.2 Å². The fraction of sp³-hybridized carbons (Fsp3) is 0.167. The minimum absolute atomic E-state index is 0.284. The smallest absolute Gasteiger partial charge is 0.244 e. The van der Waals surface area contributed by atoms with Gasteiger partial charge in [0.2, 0.25) is 5.91 Å². The third-order valence-electron chi connectivity index (χ3n) is 2.48. The van der Waals surface area contributed by atoms with Gasteiger partial charge in [-0.2, -0.15) is 5.21 Å². The van der Waals surface area contributed by atoms with Gasteiger partial charge in [-0.15, -0.1) is 10.2 Å². The van der Waals surface area contributed by atoms with Crippen LogP contribution in [-0.4, -0.2) is 26.5 Å². The first kappa shape index (κ1) is 14.5. The summed E-state index contributed by atoms with van der Waals surface area (Å²) in [5.74, 6) is 0.129. The van der Waals surface area contributed by atoms with Gasteiger partial charge in [0.05, 0.1) is 6.04 Å². The molecule has 2 aromatic rings. The molecule has 2 N–H and O–H groups in total. The molecular formula is C12H11Cl2N5O. The molecule has 8 heteroatoms. The van der Waals surface area contributed by atoms with Crippen LogP contribution in [0.3, 0.4) is 0 Å². The Morgan fingerprint density at radius 1 is 1.45 bits per heavy atom. The van der Waals surface area contributed by atoms with E-state index in [1.807, 2.05) is 0 Å². The highest BCUT2D eigenvalue weighted by Gasteiger charge is 2.11. The van der Waals surface area contributed by atoms with E-state index in [9.17, 15) is 4.79 Å². The van der Waals surface area contributed by atoms with E-state index in [-0.39, 0.29) is 11.9 Å². The zero-order chi connectivity index (χ0) is 14.5. The van der Waals surface area contributed by atoms with Crippen LogP contribution in [0.4, 0.5) is 0 Å². The minimum atomic E-state index is -0.341. The van der Waals surface area contributed by atoms with Crippen LogP contribution in [0.15, 0.2) is 24.3 Å². The Hall–Kier alpha value is -1.92. The molecule has 1 aromatic carbocycles. The standard InChI is InChI=1S/C12H11Cl2N5O/c1-7(12-16-18-19-17-12)15-11(20)5-3-8-2-4-9(13)6-10(8)14/h2-7H,1H3,(H,15,20)(H,16,17,18,19). The van der Waals surface area contributed by atoms with Gasteiger partial charge in [0, 0.05) is 16.1 Å². The SMILES string of the molecule is CC(NC(=O)C=Cc1ccc(Cl)cc1Cl)c1nn[nH]n1.